The predicted molar refractivity (Wildman–Crippen MR) is 79.8 cm³/mol. The van der Waals surface area contributed by atoms with Crippen LogP contribution in [-0.2, 0) is 6.54 Å². The Balaban J connectivity index is 1.78. The first-order chi connectivity index (χ1) is 9.19. The van der Waals surface area contributed by atoms with Crippen LogP contribution in [0, 0.1) is 0 Å². The van der Waals surface area contributed by atoms with Crippen LogP contribution in [0.25, 0.3) is 0 Å². The summed E-state index contributed by atoms with van der Waals surface area (Å²) >= 11 is 1.98. The lowest BCUT2D eigenvalue weighted by Gasteiger charge is -2.28. The lowest BCUT2D eigenvalue weighted by Crippen LogP contribution is -2.33. The van der Waals surface area contributed by atoms with Gasteiger partial charge in [0.15, 0.2) is 0 Å². The van der Waals surface area contributed by atoms with Gasteiger partial charge in [-0.1, -0.05) is 12.1 Å². The van der Waals surface area contributed by atoms with E-state index in [1.165, 1.54) is 25.7 Å². The fraction of sp³-hybridized carbons (Fsp3) is 0.533. The number of aromatic carboxylic acids is 1. The smallest absolute Gasteiger partial charge is 0.335 e. The predicted octanol–water partition coefficient (Wildman–Crippen LogP) is 3.15. The summed E-state index contributed by atoms with van der Waals surface area (Å²) in [7, 11) is 0. The maximum absolute atomic E-state index is 10.8. The maximum Gasteiger partial charge on any atom is 0.335 e. The first-order valence-electron chi connectivity index (χ1n) is 6.77. The SMILES string of the molecule is CSC1CCC(NCc2ccc(C(=O)O)cc2)CC1. The monoisotopic (exact) mass is 279 g/mol. The maximum atomic E-state index is 10.8. The van der Waals surface area contributed by atoms with Crippen molar-refractivity contribution in [2.75, 3.05) is 6.26 Å². The zero-order valence-electron chi connectivity index (χ0n) is 11.3. The molecule has 0 spiro atoms. The summed E-state index contributed by atoms with van der Waals surface area (Å²) in [6.45, 7) is 0.828. The second-order valence-electron chi connectivity index (χ2n) is 5.09. The zero-order valence-corrected chi connectivity index (χ0v) is 12.1. The topological polar surface area (TPSA) is 49.3 Å². The molecule has 0 radical (unpaired) electrons. The van der Waals surface area contributed by atoms with Crippen LogP contribution >= 0.6 is 11.8 Å². The van der Waals surface area contributed by atoms with Crippen LogP contribution in [0.4, 0.5) is 0 Å². The van der Waals surface area contributed by atoms with E-state index in [1.807, 2.05) is 23.9 Å². The lowest BCUT2D eigenvalue weighted by molar-refractivity contribution is 0.0697. The molecule has 0 aliphatic heterocycles. The van der Waals surface area contributed by atoms with Gasteiger partial charge in [0.2, 0.25) is 0 Å². The van der Waals surface area contributed by atoms with Crippen LogP contribution in [0.15, 0.2) is 24.3 Å². The highest BCUT2D eigenvalue weighted by atomic mass is 32.2. The number of carboxylic acids is 1. The minimum atomic E-state index is -0.866. The second kappa shape index (κ2) is 6.96. The molecule has 4 heteroatoms. The Morgan fingerprint density at radius 2 is 1.89 bits per heavy atom. The average molecular weight is 279 g/mol. The van der Waals surface area contributed by atoms with Gasteiger partial charge in [0.1, 0.15) is 0 Å². The zero-order chi connectivity index (χ0) is 13.7. The molecular formula is C15H21NO2S. The molecule has 0 heterocycles. The Kier molecular flexibility index (Phi) is 5.28. The highest BCUT2D eigenvalue weighted by Gasteiger charge is 2.19. The summed E-state index contributed by atoms with van der Waals surface area (Å²) in [5.74, 6) is -0.866. The third-order valence-electron chi connectivity index (χ3n) is 3.80. The van der Waals surface area contributed by atoms with Crippen LogP contribution in [0.1, 0.15) is 41.6 Å². The van der Waals surface area contributed by atoms with Crippen LogP contribution in [-0.4, -0.2) is 28.6 Å². The highest BCUT2D eigenvalue weighted by Crippen LogP contribution is 2.26. The van der Waals surface area contributed by atoms with Crippen molar-refractivity contribution in [3.63, 3.8) is 0 Å². The van der Waals surface area contributed by atoms with Crippen molar-refractivity contribution in [1.82, 2.24) is 5.32 Å². The van der Waals surface area contributed by atoms with E-state index in [9.17, 15) is 4.79 Å². The molecule has 0 aromatic heterocycles. The van der Waals surface area contributed by atoms with Gasteiger partial charge >= 0.3 is 5.97 Å². The molecule has 1 aliphatic carbocycles. The van der Waals surface area contributed by atoms with Gasteiger partial charge in [-0.25, -0.2) is 4.79 Å². The molecule has 0 atom stereocenters. The molecular weight excluding hydrogens is 258 g/mol. The number of nitrogens with one attached hydrogen (secondary N) is 1. The molecule has 104 valence electrons. The summed E-state index contributed by atoms with van der Waals surface area (Å²) in [6, 6.07) is 7.74. The largest absolute Gasteiger partial charge is 0.478 e. The first-order valence-corrected chi connectivity index (χ1v) is 8.06. The number of thioether (sulfide) groups is 1. The summed E-state index contributed by atoms with van der Waals surface area (Å²) < 4.78 is 0. The molecule has 2 rings (SSSR count). The van der Waals surface area contributed by atoms with E-state index in [0.29, 0.717) is 11.6 Å². The Hall–Kier alpha value is -1.00. The second-order valence-corrected chi connectivity index (χ2v) is 6.23. The molecule has 0 unspecified atom stereocenters. The van der Waals surface area contributed by atoms with Crippen molar-refractivity contribution in [3.8, 4) is 0 Å². The van der Waals surface area contributed by atoms with Crippen LogP contribution in [0.5, 0.6) is 0 Å². The summed E-state index contributed by atoms with van der Waals surface area (Å²) in [5, 5.41) is 13.3. The first kappa shape index (κ1) is 14.4. The number of rotatable bonds is 5. The minimum Gasteiger partial charge on any atom is -0.478 e. The van der Waals surface area contributed by atoms with Gasteiger partial charge in [0.25, 0.3) is 0 Å². The molecule has 19 heavy (non-hydrogen) atoms. The molecule has 0 bridgehead atoms. The standard InChI is InChI=1S/C15H21NO2S/c1-19-14-8-6-13(7-9-14)16-10-11-2-4-12(5-3-11)15(17)18/h2-5,13-14,16H,6-10H2,1H3,(H,17,18). The number of carbonyl (C=O) groups is 1. The third kappa shape index (κ3) is 4.25. The van der Waals surface area contributed by atoms with Gasteiger partial charge in [0, 0.05) is 17.8 Å². The van der Waals surface area contributed by atoms with Crippen LogP contribution in [0.2, 0.25) is 0 Å². The van der Waals surface area contributed by atoms with Crippen molar-refractivity contribution in [2.24, 2.45) is 0 Å². The van der Waals surface area contributed by atoms with Gasteiger partial charge in [-0.15, -0.1) is 0 Å². The van der Waals surface area contributed by atoms with Crippen molar-refractivity contribution in [3.05, 3.63) is 35.4 Å². The summed E-state index contributed by atoms with van der Waals surface area (Å²) in [6.07, 6.45) is 7.30. The third-order valence-corrected chi connectivity index (χ3v) is 4.94. The van der Waals surface area contributed by atoms with E-state index < -0.39 is 5.97 Å². The molecule has 1 aromatic carbocycles. The van der Waals surface area contributed by atoms with Crippen molar-refractivity contribution >= 4 is 17.7 Å². The lowest BCUT2D eigenvalue weighted by atomic mass is 9.95. The molecule has 1 aromatic rings. The number of hydrogen-bond donors (Lipinski definition) is 2. The average Bonchev–Trinajstić information content (AvgIpc) is 2.46. The van der Waals surface area contributed by atoms with E-state index in [4.69, 9.17) is 5.11 Å². The molecule has 1 aliphatic rings. The normalized spacial score (nSPS) is 23.2. The Morgan fingerprint density at radius 3 is 2.42 bits per heavy atom. The van der Waals surface area contributed by atoms with Gasteiger partial charge in [0.05, 0.1) is 5.56 Å². The van der Waals surface area contributed by atoms with E-state index in [0.717, 1.165) is 17.4 Å². The van der Waals surface area contributed by atoms with Crippen LogP contribution in [0.3, 0.4) is 0 Å². The van der Waals surface area contributed by atoms with E-state index in [2.05, 4.69) is 11.6 Å². The Labute approximate surface area is 118 Å². The Bertz CT molecular complexity index is 411. The molecule has 0 amide bonds. The summed E-state index contributed by atoms with van der Waals surface area (Å²) in [5.41, 5.74) is 1.50. The minimum absolute atomic E-state index is 0.351. The van der Waals surface area contributed by atoms with E-state index in [-0.39, 0.29) is 0 Å². The molecule has 1 saturated carbocycles. The van der Waals surface area contributed by atoms with Gasteiger partial charge in [-0.2, -0.15) is 11.8 Å². The van der Waals surface area contributed by atoms with Crippen molar-refractivity contribution < 1.29 is 9.90 Å². The van der Waals surface area contributed by atoms with Crippen molar-refractivity contribution in [1.29, 1.82) is 0 Å². The van der Waals surface area contributed by atoms with E-state index >= 15 is 0 Å². The Morgan fingerprint density at radius 1 is 1.26 bits per heavy atom. The number of benzene rings is 1. The van der Waals surface area contributed by atoms with E-state index in [1.54, 1.807) is 12.1 Å². The highest BCUT2D eigenvalue weighted by molar-refractivity contribution is 7.99. The van der Waals surface area contributed by atoms with Gasteiger partial charge in [-0.05, 0) is 49.6 Å². The molecule has 1 fully saturated rings. The van der Waals surface area contributed by atoms with Crippen molar-refractivity contribution in [2.45, 2.75) is 43.5 Å². The fourth-order valence-electron chi connectivity index (χ4n) is 2.53. The van der Waals surface area contributed by atoms with Gasteiger partial charge in [-0.3, -0.25) is 0 Å². The number of hydrogen-bond acceptors (Lipinski definition) is 3. The number of carboxylic acid groups (broad SMARTS) is 1. The molecule has 3 nitrogen and oxygen atoms in total. The van der Waals surface area contributed by atoms with Crippen LogP contribution < -0.4 is 5.32 Å². The summed E-state index contributed by atoms with van der Waals surface area (Å²) in [4.78, 5) is 10.8. The quantitative estimate of drug-likeness (QED) is 0.869. The fourth-order valence-corrected chi connectivity index (χ4v) is 3.27. The van der Waals surface area contributed by atoms with Gasteiger partial charge < -0.3 is 10.4 Å². The molecule has 2 N–H and O–H groups in total. The molecule has 0 saturated heterocycles.